The second kappa shape index (κ2) is 8.53. The Bertz CT molecular complexity index is 674. The first-order chi connectivity index (χ1) is 13.0. The van der Waals surface area contributed by atoms with Gasteiger partial charge in [-0.25, -0.2) is 0 Å². The molecular weight excluding hydrogens is 348 g/mol. The molecule has 1 aliphatic rings. The standard InChI is InChI=1S/C24H32O2Si/c1-24(2,3)27(22-10-6-4-7-11-22,23-12-8-5-9-13-23)26-19-21-16-14-20(18-25)15-17-21/h4-13,18,20-21H,14-17,19H2,1-3H3/t20-,21+. The molecule has 0 N–H and O–H groups in total. The first-order valence-corrected chi connectivity index (χ1v) is 12.1. The summed E-state index contributed by atoms with van der Waals surface area (Å²) in [5.74, 6) is 0.817. The fourth-order valence-corrected chi connectivity index (χ4v) is 9.14. The first kappa shape index (κ1) is 20.0. The summed E-state index contributed by atoms with van der Waals surface area (Å²) in [6.45, 7) is 7.76. The zero-order chi connectivity index (χ0) is 19.3. The van der Waals surface area contributed by atoms with Gasteiger partial charge in [0.2, 0.25) is 0 Å². The molecule has 2 aromatic rings. The van der Waals surface area contributed by atoms with Gasteiger partial charge in [-0.15, -0.1) is 0 Å². The first-order valence-electron chi connectivity index (χ1n) is 10.2. The molecule has 0 bridgehead atoms. The van der Waals surface area contributed by atoms with Crippen LogP contribution in [0.15, 0.2) is 60.7 Å². The van der Waals surface area contributed by atoms with Crippen molar-refractivity contribution in [3.8, 4) is 0 Å². The minimum atomic E-state index is -2.43. The van der Waals surface area contributed by atoms with Gasteiger partial charge in [0.1, 0.15) is 6.29 Å². The van der Waals surface area contributed by atoms with Gasteiger partial charge in [0, 0.05) is 12.5 Å². The highest BCUT2D eigenvalue weighted by Crippen LogP contribution is 2.38. The van der Waals surface area contributed by atoms with Gasteiger partial charge in [-0.3, -0.25) is 0 Å². The van der Waals surface area contributed by atoms with Gasteiger partial charge in [0.25, 0.3) is 8.32 Å². The van der Waals surface area contributed by atoms with E-state index in [4.69, 9.17) is 4.43 Å². The molecule has 2 nitrogen and oxygen atoms in total. The number of hydrogen-bond acceptors (Lipinski definition) is 2. The summed E-state index contributed by atoms with van der Waals surface area (Å²) < 4.78 is 7.03. The molecule has 2 aromatic carbocycles. The second-order valence-electron chi connectivity index (χ2n) is 8.89. The molecule has 27 heavy (non-hydrogen) atoms. The van der Waals surface area contributed by atoms with Gasteiger partial charge in [0.15, 0.2) is 0 Å². The SMILES string of the molecule is CC(C)(C)[Si](OC[C@H]1CC[C@@H](C=O)CC1)(c1ccccc1)c1ccccc1. The lowest BCUT2D eigenvalue weighted by molar-refractivity contribution is -0.112. The lowest BCUT2D eigenvalue weighted by atomic mass is 9.83. The Morgan fingerprint density at radius 2 is 1.37 bits per heavy atom. The fourth-order valence-electron chi connectivity index (χ4n) is 4.50. The second-order valence-corrected chi connectivity index (χ2v) is 13.2. The van der Waals surface area contributed by atoms with Crippen LogP contribution in [0.25, 0.3) is 0 Å². The summed E-state index contributed by atoms with van der Waals surface area (Å²) in [4.78, 5) is 11.1. The van der Waals surface area contributed by atoms with Crippen LogP contribution in [0.1, 0.15) is 46.5 Å². The maximum absolute atomic E-state index is 11.1. The van der Waals surface area contributed by atoms with Gasteiger partial charge in [-0.05, 0) is 47.0 Å². The Morgan fingerprint density at radius 1 is 0.889 bits per heavy atom. The van der Waals surface area contributed by atoms with Gasteiger partial charge in [0.05, 0.1) is 0 Å². The monoisotopic (exact) mass is 380 g/mol. The predicted molar refractivity (Wildman–Crippen MR) is 115 cm³/mol. The smallest absolute Gasteiger partial charge is 0.261 e. The minimum absolute atomic E-state index is 0.0235. The number of carbonyl (C=O) groups is 1. The highest BCUT2D eigenvalue weighted by Gasteiger charge is 2.50. The molecule has 0 amide bonds. The van der Waals surface area contributed by atoms with Gasteiger partial charge in [-0.1, -0.05) is 81.4 Å². The van der Waals surface area contributed by atoms with Crippen LogP contribution in [0.3, 0.4) is 0 Å². The molecule has 3 rings (SSSR count). The van der Waals surface area contributed by atoms with Crippen molar-refractivity contribution in [1.29, 1.82) is 0 Å². The maximum atomic E-state index is 11.1. The molecule has 1 aliphatic carbocycles. The highest BCUT2D eigenvalue weighted by molar-refractivity contribution is 6.99. The number of hydrogen-bond donors (Lipinski definition) is 0. The van der Waals surface area contributed by atoms with Gasteiger partial charge in [-0.2, -0.15) is 0 Å². The Labute approximate surface area is 165 Å². The summed E-state index contributed by atoms with van der Waals surface area (Å²) in [6.07, 6.45) is 5.36. The molecule has 1 fully saturated rings. The zero-order valence-corrected chi connectivity index (χ0v) is 17.9. The highest BCUT2D eigenvalue weighted by atomic mass is 28.4. The lowest BCUT2D eigenvalue weighted by Crippen LogP contribution is -2.66. The van der Waals surface area contributed by atoms with Crippen LogP contribution in [0, 0.1) is 11.8 Å². The average molecular weight is 381 g/mol. The molecule has 0 aromatic heterocycles. The minimum Gasteiger partial charge on any atom is -0.407 e. The summed E-state index contributed by atoms with van der Waals surface area (Å²) in [5, 5.41) is 2.70. The van der Waals surface area contributed by atoms with Crippen molar-refractivity contribution in [1.82, 2.24) is 0 Å². The Kier molecular flexibility index (Phi) is 6.33. The summed E-state index contributed by atoms with van der Waals surface area (Å²) in [7, 11) is -2.43. The van der Waals surface area contributed by atoms with Crippen LogP contribution >= 0.6 is 0 Å². The molecule has 0 saturated heterocycles. The van der Waals surface area contributed by atoms with Crippen molar-refractivity contribution >= 4 is 25.0 Å². The third-order valence-corrected chi connectivity index (χ3v) is 11.0. The van der Waals surface area contributed by atoms with Crippen molar-refractivity contribution in [3.05, 3.63) is 60.7 Å². The number of benzene rings is 2. The number of aldehydes is 1. The molecule has 0 spiro atoms. The Morgan fingerprint density at radius 3 is 1.78 bits per heavy atom. The third-order valence-electron chi connectivity index (χ3n) is 6.04. The van der Waals surface area contributed by atoms with Crippen LogP contribution in [0.5, 0.6) is 0 Å². The van der Waals surface area contributed by atoms with E-state index >= 15 is 0 Å². The lowest BCUT2D eigenvalue weighted by Gasteiger charge is -2.44. The van der Waals surface area contributed by atoms with E-state index < -0.39 is 8.32 Å². The molecule has 1 saturated carbocycles. The summed E-state index contributed by atoms with van der Waals surface area (Å²) >= 11 is 0. The molecule has 3 heteroatoms. The van der Waals surface area contributed by atoms with Crippen LogP contribution in [-0.2, 0) is 9.22 Å². The summed E-state index contributed by atoms with van der Waals surface area (Å²) in [5.41, 5.74) is 0. The Balaban J connectivity index is 1.93. The predicted octanol–water partition coefficient (Wildman–Crippen LogP) is 4.57. The van der Waals surface area contributed by atoms with E-state index in [0.717, 1.165) is 38.6 Å². The topological polar surface area (TPSA) is 26.3 Å². The van der Waals surface area contributed by atoms with Crippen molar-refractivity contribution in [2.45, 2.75) is 51.5 Å². The van der Waals surface area contributed by atoms with E-state index in [1.807, 2.05) is 0 Å². The van der Waals surface area contributed by atoms with E-state index in [2.05, 4.69) is 81.4 Å². The van der Waals surface area contributed by atoms with E-state index in [9.17, 15) is 4.79 Å². The molecular formula is C24H32O2Si. The van der Waals surface area contributed by atoms with E-state index in [1.165, 1.54) is 10.4 Å². The zero-order valence-electron chi connectivity index (χ0n) is 16.9. The van der Waals surface area contributed by atoms with Gasteiger partial charge >= 0.3 is 0 Å². The fraction of sp³-hybridized carbons (Fsp3) is 0.458. The number of rotatable bonds is 6. The largest absolute Gasteiger partial charge is 0.407 e. The third kappa shape index (κ3) is 4.25. The normalized spacial score (nSPS) is 21.0. The van der Waals surface area contributed by atoms with Crippen LogP contribution in [0.4, 0.5) is 0 Å². The van der Waals surface area contributed by atoms with Crippen molar-refractivity contribution in [2.75, 3.05) is 6.61 Å². The average Bonchev–Trinajstić information content (AvgIpc) is 2.69. The Hall–Kier alpha value is -1.71. The van der Waals surface area contributed by atoms with E-state index in [1.54, 1.807) is 0 Å². The van der Waals surface area contributed by atoms with Crippen LogP contribution < -0.4 is 10.4 Å². The van der Waals surface area contributed by atoms with Crippen molar-refractivity contribution in [3.63, 3.8) is 0 Å². The molecule has 0 aliphatic heterocycles. The van der Waals surface area contributed by atoms with Crippen molar-refractivity contribution in [2.24, 2.45) is 11.8 Å². The molecule has 144 valence electrons. The molecule has 0 atom stereocenters. The van der Waals surface area contributed by atoms with Gasteiger partial charge < -0.3 is 9.22 Å². The van der Waals surface area contributed by atoms with Crippen LogP contribution in [-0.4, -0.2) is 21.2 Å². The van der Waals surface area contributed by atoms with Crippen molar-refractivity contribution < 1.29 is 9.22 Å². The molecule has 0 unspecified atom stereocenters. The molecule has 0 heterocycles. The summed E-state index contributed by atoms with van der Waals surface area (Å²) in [6, 6.07) is 21.7. The van der Waals surface area contributed by atoms with E-state index in [0.29, 0.717) is 5.92 Å². The van der Waals surface area contributed by atoms with E-state index in [-0.39, 0.29) is 11.0 Å². The molecule has 0 radical (unpaired) electrons. The number of carbonyl (C=O) groups excluding carboxylic acids is 1. The quantitative estimate of drug-likeness (QED) is 0.542. The van der Waals surface area contributed by atoms with Crippen LogP contribution in [0.2, 0.25) is 5.04 Å². The maximum Gasteiger partial charge on any atom is 0.261 e.